The van der Waals surface area contributed by atoms with E-state index in [9.17, 15) is 9.59 Å². The molecule has 24 heavy (non-hydrogen) atoms. The van der Waals surface area contributed by atoms with Crippen molar-refractivity contribution < 1.29 is 14.3 Å². The molecular weight excluding hydrogens is 332 g/mol. The molecule has 0 aliphatic carbocycles. The van der Waals surface area contributed by atoms with Gasteiger partial charge >= 0.3 is 12.0 Å². The number of aryl methyl sites for hydroxylation is 2. The summed E-state index contributed by atoms with van der Waals surface area (Å²) in [6, 6.07) is 6.69. The summed E-state index contributed by atoms with van der Waals surface area (Å²) in [7, 11) is 1.64. The molecule has 1 aromatic heterocycles. The van der Waals surface area contributed by atoms with E-state index in [1.165, 1.54) is 4.68 Å². The maximum absolute atomic E-state index is 12.1. The zero-order valence-electron chi connectivity index (χ0n) is 13.7. The highest BCUT2D eigenvalue weighted by Crippen LogP contribution is 2.20. The molecule has 0 radical (unpaired) electrons. The van der Waals surface area contributed by atoms with Crippen LogP contribution < -0.4 is 10.6 Å². The molecule has 0 saturated heterocycles. The van der Waals surface area contributed by atoms with Crippen molar-refractivity contribution in [1.29, 1.82) is 0 Å². The summed E-state index contributed by atoms with van der Waals surface area (Å²) < 4.78 is 6.44. The van der Waals surface area contributed by atoms with Gasteiger partial charge in [0.25, 0.3) is 0 Å². The monoisotopic (exact) mass is 350 g/mol. The zero-order chi connectivity index (χ0) is 17.7. The predicted molar refractivity (Wildman–Crippen MR) is 91.2 cm³/mol. The van der Waals surface area contributed by atoms with Gasteiger partial charge in [-0.1, -0.05) is 23.7 Å². The summed E-state index contributed by atoms with van der Waals surface area (Å²) in [4.78, 5) is 24.1. The Bertz CT molecular complexity index is 741. The number of carbonyl (C=O) groups is 2. The Labute approximate surface area is 144 Å². The first-order chi connectivity index (χ1) is 11.4. The van der Waals surface area contributed by atoms with Gasteiger partial charge in [0.05, 0.1) is 12.3 Å². The number of nitrogens with zero attached hydrogens (tertiary/aromatic N) is 2. The summed E-state index contributed by atoms with van der Waals surface area (Å²) in [5, 5.41) is 10.1. The van der Waals surface area contributed by atoms with E-state index in [0.717, 1.165) is 5.56 Å². The fourth-order valence-electron chi connectivity index (χ4n) is 2.19. The minimum absolute atomic E-state index is 0.245. The molecule has 128 valence electrons. The molecule has 0 unspecified atom stereocenters. The second-order valence-electron chi connectivity index (χ2n) is 5.09. The van der Waals surface area contributed by atoms with Gasteiger partial charge in [0.2, 0.25) is 0 Å². The average molecular weight is 351 g/mol. The SMILES string of the molecule is CCOC(=O)c1c(C)nn(C)c1NC(=O)NCc1ccc(Cl)cc1. The number of esters is 1. The molecule has 0 spiro atoms. The van der Waals surface area contributed by atoms with Crippen LogP contribution in [0.2, 0.25) is 5.02 Å². The van der Waals surface area contributed by atoms with Gasteiger partial charge < -0.3 is 10.1 Å². The number of rotatable bonds is 5. The van der Waals surface area contributed by atoms with Gasteiger partial charge in [0.15, 0.2) is 0 Å². The molecule has 0 bridgehead atoms. The van der Waals surface area contributed by atoms with Crippen molar-refractivity contribution in [3.63, 3.8) is 0 Å². The lowest BCUT2D eigenvalue weighted by atomic mass is 10.2. The Morgan fingerprint density at radius 1 is 1.29 bits per heavy atom. The Balaban J connectivity index is 2.05. The van der Waals surface area contributed by atoms with E-state index in [1.807, 2.05) is 12.1 Å². The van der Waals surface area contributed by atoms with Gasteiger partial charge in [-0.15, -0.1) is 0 Å². The molecule has 0 fully saturated rings. The van der Waals surface area contributed by atoms with E-state index >= 15 is 0 Å². The van der Waals surface area contributed by atoms with Gasteiger partial charge in [-0.05, 0) is 31.5 Å². The minimum Gasteiger partial charge on any atom is -0.462 e. The maximum atomic E-state index is 12.1. The molecule has 2 amide bonds. The quantitative estimate of drug-likeness (QED) is 0.812. The Kier molecular flexibility index (Phi) is 5.81. The third-order valence-electron chi connectivity index (χ3n) is 3.30. The van der Waals surface area contributed by atoms with Crippen molar-refractivity contribution in [2.45, 2.75) is 20.4 Å². The smallest absolute Gasteiger partial charge is 0.343 e. The normalized spacial score (nSPS) is 10.3. The number of anilines is 1. The first-order valence-corrected chi connectivity index (χ1v) is 7.80. The molecular formula is C16H19ClN4O3. The standard InChI is InChI=1S/C16H19ClN4O3/c1-4-24-15(22)13-10(2)20-21(3)14(13)19-16(23)18-9-11-5-7-12(17)8-6-11/h5-8H,4,9H2,1-3H3,(H2,18,19,23). The molecule has 0 atom stereocenters. The second kappa shape index (κ2) is 7.83. The summed E-state index contributed by atoms with van der Waals surface area (Å²) in [6.07, 6.45) is 0. The number of hydrogen-bond acceptors (Lipinski definition) is 4. The molecule has 2 N–H and O–H groups in total. The first-order valence-electron chi connectivity index (χ1n) is 7.42. The van der Waals surface area contributed by atoms with Crippen LogP contribution in [0, 0.1) is 6.92 Å². The summed E-state index contributed by atoms with van der Waals surface area (Å²) in [6.45, 7) is 3.97. The van der Waals surface area contributed by atoms with Gasteiger partial charge in [0.1, 0.15) is 11.4 Å². The molecule has 7 nitrogen and oxygen atoms in total. The van der Waals surface area contributed by atoms with Crippen molar-refractivity contribution >= 4 is 29.4 Å². The molecule has 0 aliphatic heterocycles. The highest BCUT2D eigenvalue weighted by Gasteiger charge is 2.22. The van der Waals surface area contributed by atoms with Crippen LogP contribution in [0.25, 0.3) is 0 Å². The fraction of sp³-hybridized carbons (Fsp3) is 0.312. The van der Waals surface area contributed by atoms with E-state index in [0.29, 0.717) is 23.1 Å². The zero-order valence-corrected chi connectivity index (χ0v) is 14.5. The summed E-state index contributed by atoms with van der Waals surface area (Å²) in [5.41, 5.74) is 1.64. The van der Waals surface area contributed by atoms with Gasteiger partial charge in [0, 0.05) is 18.6 Å². The molecule has 2 rings (SSSR count). The molecule has 1 aromatic carbocycles. The van der Waals surface area contributed by atoms with E-state index in [4.69, 9.17) is 16.3 Å². The van der Waals surface area contributed by atoms with Crippen LogP contribution in [0.15, 0.2) is 24.3 Å². The first kappa shape index (κ1) is 17.8. The molecule has 8 heteroatoms. The predicted octanol–water partition coefficient (Wildman–Crippen LogP) is 2.88. The number of aromatic nitrogens is 2. The molecule has 0 saturated carbocycles. The second-order valence-corrected chi connectivity index (χ2v) is 5.52. The van der Waals surface area contributed by atoms with Crippen molar-refractivity contribution in [2.75, 3.05) is 11.9 Å². The topological polar surface area (TPSA) is 85.2 Å². The Hall–Kier alpha value is -2.54. The number of halogens is 1. The number of nitrogens with one attached hydrogen (secondary N) is 2. The van der Waals surface area contributed by atoms with Crippen LogP contribution >= 0.6 is 11.6 Å². The lowest BCUT2D eigenvalue weighted by molar-refractivity contribution is 0.0526. The number of ether oxygens (including phenoxy) is 1. The lowest BCUT2D eigenvalue weighted by Crippen LogP contribution is -2.29. The van der Waals surface area contributed by atoms with Crippen molar-refractivity contribution in [1.82, 2.24) is 15.1 Å². The third kappa shape index (κ3) is 4.26. The van der Waals surface area contributed by atoms with Crippen LogP contribution in [0.3, 0.4) is 0 Å². The van der Waals surface area contributed by atoms with E-state index in [-0.39, 0.29) is 12.2 Å². The number of urea groups is 1. The maximum Gasteiger partial charge on any atom is 0.343 e. The summed E-state index contributed by atoms with van der Waals surface area (Å²) in [5.74, 6) is -0.226. The number of benzene rings is 1. The minimum atomic E-state index is -0.517. The largest absolute Gasteiger partial charge is 0.462 e. The van der Waals surface area contributed by atoms with Gasteiger partial charge in [-0.2, -0.15) is 5.10 Å². The van der Waals surface area contributed by atoms with Crippen LogP contribution in [0.4, 0.5) is 10.6 Å². The number of hydrogen-bond donors (Lipinski definition) is 2. The molecule has 2 aromatic rings. The number of amides is 2. The van der Waals surface area contributed by atoms with E-state index < -0.39 is 12.0 Å². The fourth-order valence-corrected chi connectivity index (χ4v) is 2.31. The van der Waals surface area contributed by atoms with Gasteiger partial charge in [-0.3, -0.25) is 10.00 Å². The molecule has 1 heterocycles. The van der Waals surface area contributed by atoms with E-state index in [2.05, 4.69) is 15.7 Å². The molecule has 0 aliphatic rings. The van der Waals surface area contributed by atoms with Crippen molar-refractivity contribution in [2.24, 2.45) is 7.05 Å². The van der Waals surface area contributed by atoms with Crippen LogP contribution in [-0.2, 0) is 18.3 Å². The van der Waals surface area contributed by atoms with Crippen LogP contribution in [0.5, 0.6) is 0 Å². The Morgan fingerprint density at radius 3 is 2.58 bits per heavy atom. The van der Waals surface area contributed by atoms with Crippen molar-refractivity contribution in [3.05, 3.63) is 46.1 Å². The summed E-state index contributed by atoms with van der Waals surface area (Å²) >= 11 is 5.82. The van der Waals surface area contributed by atoms with Gasteiger partial charge in [-0.25, -0.2) is 9.59 Å². The van der Waals surface area contributed by atoms with Crippen molar-refractivity contribution in [3.8, 4) is 0 Å². The highest BCUT2D eigenvalue weighted by molar-refractivity contribution is 6.30. The van der Waals surface area contributed by atoms with Crippen LogP contribution in [0.1, 0.15) is 28.5 Å². The Morgan fingerprint density at radius 2 is 1.96 bits per heavy atom. The van der Waals surface area contributed by atoms with E-state index in [1.54, 1.807) is 33.0 Å². The number of carbonyl (C=O) groups excluding carboxylic acids is 2. The van der Waals surface area contributed by atoms with Crippen LogP contribution in [-0.4, -0.2) is 28.4 Å². The highest BCUT2D eigenvalue weighted by atomic mass is 35.5. The third-order valence-corrected chi connectivity index (χ3v) is 3.55. The average Bonchev–Trinajstić information content (AvgIpc) is 2.81. The lowest BCUT2D eigenvalue weighted by Gasteiger charge is -2.10.